The molecular formula is C9H18N2O5. The molecule has 94 valence electrons. The van der Waals surface area contributed by atoms with Crippen molar-refractivity contribution in [3.63, 3.8) is 0 Å². The maximum absolute atomic E-state index is 11.3. The quantitative estimate of drug-likeness (QED) is 0.463. The molecule has 7 nitrogen and oxygen atoms in total. The minimum Gasteiger partial charge on any atom is -0.479 e. The molecule has 7 heteroatoms. The molecule has 16 heavy (non-hydrogen) atoms. The standard InChI is InChI=1S/C9H18N2O5/c1-6(12)5-11(2)9(16)10-4-3-7(13)8(14)15/h6-7,12-13H,3-5H2,1-2H3,(H,10,16)(H,14,15). The van der Waals surface area contributed by atoms with E-state index in [1.54, 1.807) is 6.92 Å². The Balaban J connectivity index is 3.77. The third-order valence-corrected chi connectivity index (χ3v) is 1.86. The SMILES string of the molecule is CC(O)CN(C)C(=O)NCCC(O)C(=O)O. The third kappa shape index (κ3) is 6.20. The van der Waals surface area contributed by atoms with Crippen LogP contribution in [0.5, 0.6) is 0 Å². The smallest absolute Gasteiger partial charge is 0.332 e. The topological polar surface area (TPSA) is 110 Å². The average molecular weight is 234 g/mol. The number of urea groups is 1. The van der Waals surface area contributed by atoms with Gasteiger partial charge in [-0.3, -0.25) is 0 Å². The summed E-state index contributed by atoms with van der Waals surface area (Å²) >= 11 is 0. The van der Waals surface area contributed by atoms with Crippen LogP contribution >= 0.6 is 0 Å². The lowest BCUT2D eigenvalue weighted by molar-refractivity contribution is -0.146. The van der Waals surface area contributed by atoms with Gasteiger partial charge in [-0.1, -0.05) is 0 Å². The highest BCUT2D eigenvalue weighted by Gasteiger charge is 2.14. The zero-order chi connectivity index (χ0) is 12.7. The number of rotatable bonds is 6. The van der Waals surface area contributed by atoms with Crippen LogP contribution in [0.3, 0.4) is 0 Å². The number of carboxylic acid groups (broad SMARTS) is 1. The van der Waals surface area contributed by atoms with Crippen molar-refractivity contribution in [3.05, 3.63) is 0 Å². The summed E-state index contributed by atoms with van der Waals surface area (Å²) in [5.74, 6) is -1.31. The molecule has 0 aliphatic heterocycles. The number of amides is 2. The largest absolute Gasteiger partial charge is 0.479 e. The Morgan fingerprint density at radius 3 is 2.38 bits per heavy atom. The van der Waals surface area contributed by atoms with Crippen LogP contribution in [0.4, 0.5) is 4.79 Å². The highest BCUT2D eigenvalue weighted by molar-refractivity contribution is 5.74. The Hall–Kier alpha value is -1.34. The fourth-order valence-corrected chi connectivity index (χ4v) is 1.05. The van der Waals surface area contributed by atoms with Crippen LogP contribution in [0, 0.1) is 0 Å². The van der Waals surface area contributed by atoms with E-state index in [0.717, 1.165) is 0 Å². The number of nitrogens with one attached hydrogen (secondary N) is 1. The Morgan fingerprint density at radius 1 is 1.38 bits per heavy atom. The average Bonchev–Trinajstić information content (AvgIpc) is 2.15. The van der Waals surface area contributed by atoms with Gasteiger partial charge in [0.25, 0.3) is 0 Å². The number of hydrogen-bond donors (Lipinski definition) is 4. The number of likely N-dealkylation sites (N-methyl/N-ethyl adjacent to an activating group) is 1. The number of hydrogen-bond acceptors (Lipinski definition) is 4. The Bertz CT molecular complexity index is 244. The monoisotopic (exact) mass is 234 g/mol. The highest BCUT2D eigenvalue weighted by atomic mass is 16.4. The van der Waals surface area contributed by atoms with Crippen molar-refractivity contribution >= 4 is 12.0 Å². The van der Waals surface area contributed by atoms with E-state index in [-0.39, 0.29) is 19.5 Å². The van der Waals surface area contributed by atoms with Gasteiger partial charge in [-0.05, 0) is 6.92 Å². The minimum atomic E-state index is -1.47. The normalized spacial score (nSPS) is 14.0. The molecule has 0 saturated carbocycles. The predicted octanol–water partition coefficient (Wildman–Crippen LogP) is -1.16. The lowest BCUT2D eigenvalue weighted by Gasteiger charge is -2.19. The molecule has 0 aromatic rings. The van der Waals surface area contributed by atoms with Gasteiger partial charge in [-0.15, -0.1) is 0 Å². The van der Waals surface area contributed by atoms with Crippen LogP contribution in [-0.2, 0) is 4.79 Å². The first-order valence-electron chi connectivity index (χ1n) is 4.92. The van der Waals surface area contributed by atoms with Crippen molar-refractivity contribution in [2.24, 2.45) is 0 Å². The summed E-state index contributed by atoms with van der Waals surface area (Å²) in [4.78, 5) is 22.8. The van der Waals surface area contributed by atoms with E-state index in [9.17, 15) is 9.59 Å². The van der Waals surface area contributed by atoms with E-state index in [1.165, 1.54) is 11.9 Å². The molecule has 0 aromatic carbocycles. The number of carboxylic acids is 1. The van der Waals surface area contributed by atoms with E-state index in [4.69, 9.17) is 15.3 Å². The molecule has 0 spiro atoms. The fourth-order valence-electron chi connectivity index (χ4n) is 1.05. The van der Waals surface area contributed by atoms with Crippen molar-refractivity contribution in [2.45, 2.75) is 25.6 Å². The van der Waals surface area contributed by atoms with Crippen molar-refractivity contribution in [1.29, 1.82) is 0 Å². The summed E-state index contributed by atoms with van der Waals surface area (Å²) in [5, 5.41) is 28.7. The second-order valence-electron chi connectivity index (χ2n) is 3.60. The molecule has 2 amide bonds. The molecular weight excluding hydrogens is 216 g/mol. The number of aliphatic hydroxyl groups excluding tert-OH is 2. The summed E-state index contributed by atoms with van der Waals surface area (Å²) in [5.41, 5.74) is 0. The number of carbonyl (C=O) groups is 2. The van der Waals surface area contributed by atoms with E-state index in [1.807, 2.05) is 0 Å². The number of nitrogens with zero attached hydrogens (tertiary/aromatic N) is 1. The minimum absolute atomic E-state index is 0.0520. The molecule has 0 rings (SSSR count). The predicted molar refractivity (Wildman–Crippen MR) is 56.0 cm³/mol. The molecule has 2 unspecified atom stereocenters. The van der Waals surface area contributed by atoms with Crippen molar-refractivity contribution < 1.29 is 24.9 Å². The lowest BCUT2D eigenvalue weighted by Crippen LogP contribution is -2.41. The molecule has 0 aliphatic rings. The fraction of sp³-hybridized carbons (Fsp3) is 0.778. The van der Waals surface area contributed by atoms with Crippen LogP contribution < -0.4 is 5.32 Å². The van der Waals surface area contributed by atoms with Crippen molar-refractivity contribution in [3.8, 4) is 0 Å². The van der Waals surface area contributed by atoms with Crippen LogP contribution in [0.1, 0.15) is 13.3 Å². The first-order valence-corrected chi connectivity index (χ1v) is 4.92. The van der Waals surface area contributed by atoms with E-state index in [0.29, 0.717) is 0 Å². The van der Waals surface area contributed by atoms with Crippen LogP contribution in [-0.4, -0.2) is 64.6 Å². The van der Waals surface area contributed by atoms with Gasteiger partial charge < -0.3 is 25.5 Å². The van der Waals surface area contributed by atoms with Gasteiger partial charge in [0.1, 0.15) is 0 Å². The Kier molecular flexibility index (Phi) is 6.43. The van der Waals surface area contributed by atoms with Gasteiger partial charge in [0.2, 0.25) is 0 Å². The second-order valence-corrected chi connectivity index (χ2v) is 3.60. The molecule has 0 aliphatic carbocycles. The van der Waals surface area contributed by atoms with Gasteiger partial charge in [-0.2, -0.15) is 0 Å². The summed E-state index contributed by atoms with van der Waals surface area (Å²) in [6.07, 6.45) is -2.15. The second kappa shape index (κ2) is 7.02. The Labute approximate surface area is 93.7 Å². The summed E-state index contributed by atoms with van der Waals surface area (Å²) in [6.45, 7) is 1.81. The van der Waals surface area contributed by atoms with Crippen LogP contribution in [0.15, 0.2) is 0 Å². The first-order chi connectivity index (χ1) is 7.34. The summed E-state index contributed by atoms with van der Waals surface area (Å²) < 4.78 is 0. The number of aliphatic hydroxyl groups is 2. The number of aliphatic carboxylic acids is 1. The van der Waals surface area contributed by atoms with Gasteiger partial charge in [-0.25, -0.2) is 9.59 Å². The molecule has 0 bridgehead atoms. The van der Waals surface area contributed by atoms with Crippen LogP contribution in [0.2, 0.25) is 0 Å². The van der Waals surface area contributed by atoms with Gasteiger partial charge in [0.05, 0.1) is 6.10 Å². The molecule has 0 fully saturated rings. The zero-order valence-corrected chi connectivity index (χ0v) is 9.38. The van der Waals surface area contributed by atoms with Crippen molar-refractivity contribution in [2.75, 3.05) is 20.1 Å². The maximum atomic E-state index is 11.3. The molecule has 4 N–H and O–H groups in total. The molecule has 0 radical (unpaired) electrons. The van der Waals surface area contributed by atoms with Gasteiger partial charge in [0.15, 0.2) is 6.10 Å². The van der Waals surface area contributed by atoms with Crippen LogP contribution in [0.25, 0.3) is 0 Å². The van der Waals surface area contributed by atoms with E-state index in [2.05, 4.69) is 5.32 Å². The molecule has 0 heterocycles. The van der Waals surface area contributed by atoms with E-state index < -0.39 is 24.2 Å². The molecule has 0 aromatic heterocycles. The summed E-state index contributed by atoms with van der Waals surface area (Å²) in [7, 11) is 1.51. The lowest BCUT2D eigenvalue weighted by atomic mass is 10.2. The van der Waals surface area contributed by atoms with Crippen molar-refractivity contribution in [1.82, 2.24) is 10.2 Å². The van der Waals surface area contributed by atoms with E-state index >= 15 is 0 Å². The third-order valence-electron chi connectivity index (χ3n) is 1.86. The number of carbonyl (C=O) groups excluding carboxylic acids is 1. The maximum Gasteiger partial charge on any atom is 0.332 e. The molecule has 0 saturated heterocycles. The first kappa shape index (κ1) is 14.7. The summed E-state index contributed by atoms with van der Waals surface area (Å²) in [6, 6.07) is -0.418. The van der Waals surface area contributed by atoms with Gasteiger partial charge >= 0.3 is 12.0 Å². The Morgan fingerprint density at radius 2 is 1.94 bits per heavy atom. The van der Waals surface area contributed by atoms with Gasteiger partial charge in [0, 0.05) is 26.6 Å². The zero-order valence-electron chi connectivity index (χ0n) is 9.38. The molecule has 2 atom stereocenters. The highest BCUT2D eigenvalue weighted by Crippen LogP contribution is 1.92.